The summed E-state index contributed by atoms with van der Waals surface area (Å²) >= 11 is 0. The molecule has 0 amide bonds. The van der Waals surface area contributed by atoms with Crippen LogP contribution in [0.4, 0.5) is 0 Å². The lowest BCUT2D eigenvalue weighted by Crippen LogP contribution is -2.36. The molecule has 0 heterocycles. The fraction of sp³-hybridized carbons (Fsp3) is 0.938. The number of hydrogen-bond donors (Lipinski definition) is 0. The summed E-state index contributed by atoms with van der Waals surface area (Å²) < 4.78 is 0. The predicted molar refractivity (Wildman–Crippen MR) is 72.0 cm³/mol. The Bertz CT molecular complexity index is 240. The molecule has 17 heavy (non-hydrogen) atoms. The Hall–Kier alpha value is -0.330. The second-order valence-corrected chi connectivity index (χ2v) is 6.34. The SMILES string of the molecule is CCCCC1(C2CCCCC2)CCC(=O)CC1. The van der Waals surface area contributed by atoms with E-state index in [0.717, 1.165) is 18.8 Å². The topological polar surface area (TPSA) is 17.1 Å². The summed E-state index contributed by atoms with van der Waals surface area (Å²) in [5.41, 5.74) is 0.560. The van der Waals surface area contributed by atoms with Crippen LogP contribution in [-0.4, -0.2) is 5.78 Å². The maximum Gasteiger partial charge on any atom is 0.132 e. The quantitative estimate of drug-likeness (QED) is 0.679. The molecule has 0 aliphatic heterocycles. The van der Waals surface area contributed by atoms with Gasteiger partial charge in [-0.3, -0.25) is 4.79 Å². The highest BCUT2D eigenvalue weighted by Crippen LogP contribution is 2.50. The van der Waals surface area contributed by atoms with Crippen LogP contribution in [0.3, 0.4) is 0 Å². The molecule has 1 heteroatoms. The van der Waals surface area contributed by atoms with Crippen LogP contribution in [0.25, 0.3) is 0 Å². The zero-order valence-corrected chi connectivity index (χ0v) is 11.5. The van der Waals surface area contributed by atoms with Gasteiger partial charge in [0.05, 0.1) is 0 Å². The third-order valence-corrected chi connectivity index (χ3v) is 5.30. The molecule has 0 saturated heterocycles. The summed E-state index contributed by atoms with van der Waals surface area (Å²) in [4.78, 5) is 11.5. The molecule has 2 aliphatic carbocycles. The fourth-order valence-electron chi connectivity index (χ4n) is 4.13. The van der Waals surface area contributed by atoms with Crippen molar-refractivity contribution in [1.29, 1.82) is 0 Å². The third kappa shape index (κ3) is 3.11. The summed E-state index contributed by atoms with van der Waals surface area (Å²) in [5, 5.41) is 0. The highest BCUT2D eigenvalue weighted by molar-refractivity contribution is 5.79. The van der Waals surface area contributed by atoms with Crippen LogP contribution in [0.2, 0.25) is 0 Å². The van der Waals surface area contributed by atoms with E-state index in [9.17, 15) is 4.79 Å². The number of hydrogen-bond acceptors (Lipinski definition) is 1. The molecule has 0 bridgehead atoms. The highest BCUT2D eigenvalue weighted by Gasteiger charge is 2.40. The summed E-state index contributed by atoms with van der Waals surface area (Å²) in [6.45, 7) is 2.29. The molecule has 0 radical (unpaired) electrons. The normalized spacial score (nSPS) is 26.1. The van der Waals surface area contributed by atoms with Gasteiger partial charge in [0.15, 0.2) is 0 Å². The van der Waals surface area contributed by atoms with Crippen LogP contribution in [0, 0.1) is 11.3 Å². The van der Waals surface area contributed by atoms with Gasteiger partial charge in [-0.2, -0.15) is 0 Å². The standard InChI is InChI=1S/C16H28O/c1-2-3-11-16(12-9-15(17)10-13-16)14-7-5-4-6-8-14/h14H,2-13H2,1H3. The van der Waals surface area contributed by atoms with Crippen molar-refractivity contribution >= 4 is 5.78 Å². The first kappa shape index (κ1) is 13.1. The molecule has 98 valence electrons. The molecule has 2 rings (SSSR count). The number of ketones is 1. The van der Waals surface area contributed by atoms with E-state index in [4.69, 9.17) is 0 Å². The minimum absolute atomic E-state index is 0.521. The van der Waals surface area contributed by atoms with Crippen molar-refractivity contribution in [2.45, 2.75) is 84.0 Å². The van der Waals surface area contributed by atoms with Crippen molar-refractivity contribution in [2.24, 2.45) is 11.3 Å². The first-order chi connectivity index (χ1) is 8.27. The summed E-state index contributed by atoms with van der Waals surface area (Å²) in [5.74, 6) is 1.46. The predicted octanol–water partition coefficient (Wildman–Crippen LogP) is 4.89. The Labute approximate surface area is 106 Å². The lowest BCUT2D eigenvalue weighted by Gasteiger charge is -2.45. The van der Waals surface area contributed by atoms with E-state index < -0.39 is 0 Å². The molecule has 2 saturated carbocycles. The molecule has 0 atom stereocenters. The minimum Gasteiger partial charge on any atom is -0.300 e. The van der Waals surface area contributed by atoms with Crippen LogP contribution in [0.1, 0.15) is 84.0 Å². The maximum absolute atomic E-state index is 11.5. The number of carbonyl (C=O) groups excluding carboxylic acids is 1. The van der Waals surface area contributed by atoms with Gasteiger partial charge in [-0.1, -0.05) is 39.0 Å². The van der Waals surface area contributed by atoms with E-state index in [-0.39, 0.29) is 0 Å². The molecular weight excluding hydrogens is 208 g/mol. The number of unbranched alkanes of at least 4 members (excludes halogenated alkanes) is 1. The maximum atomic E-state index is 11.5. The largest absolute Gasteiger partial charge is 0.300 e. The fourth-order valence-corrected chi connectivity index (χ4v) is 4.13. The van der Waals surface area contributed by atoms with Gasteiger partial charge in [0.25, 0.3) is 0 Å². The Morgan fingerprint density at radius 2 is 1.76 bits per heavy atom. The minimum atomic E-state index is 0.521. The van der Waals surface area contributed by atoms with Gasteiger partial charge in [0, 0.05) is 12.8 Å². The van der Waals surface area contributed by atoms with Crippen molar-refractivity contribution < 1.29 is 4.79 Å². The van der Waals surface area contributed by atoms with Crippen molar-refractivity contribution in [2.75, 3.05) is 0 Å². The van der Waals surface area contributed by atoms with Crippen LogP contribution in [-0.2, 0) is 4.79 Å². The summed E-state index contributed by atoms with van der Waals surface area (Å²) in [6, 6.07) is 0. The monoisotopic (exact) mass is 236 g/mol. The number of rotatable bonds is 4. The van der Waals surface area contributed by atoms with E-state index in [2.05, 4.69) is 6.92 Å². The van der Waals surface area contributed by atoms with Gasteiger partial charge < -0.3 is 0 Å². The van der Waals surface area contributed by atoms with Crippen LogP contribution in [0.5, 0.6) is 0 Å². The summed E-state index contributed by atoms with van der Waals surface area (Å²) in [6.07, 6.45) is 15.4. The highest BCUT2D eigenvalue weighted by atomic mass is 16.1. The van der Waals surface area contributed by atoms with Crippen molar-refractivity contribution in [3.05, 3.63) is 0 Å². The van der Waals surface area contributed by atoms with E-state index in [1.165, 1.54) is 64.2 Å². The van der Waals surface area contributed by atoms with Gasteiger partial charge in [0.2, 0.25) is 0 Å². The first-order valence-corrected chi connectivity index (χ1v) is 7.78. The molecule has 0 spiro atoms. The zero-order valence-electron chi connectivity index (χ0n) is 11.5. The van der Waals surface area contributed by atoms with Gasteiger partial charge in [-0.15, -0.1) is 0 Å². The van der Waals surface area contributed by atoms with Crippen LogP contribution < -0.4 is 0 Å². The Morgan fingerprint density at radius 1 is 1.12 bits per heavy atom. The molecule has 0 aromatic rings. The van der Waals surface area contributed by atoms with Gasteiger partial charge in [-0.05, 0) is 43.4 Å². The molecule has 0 N–H and O–H groups in total. The van der Waals surface area contributed by atoms with Gasteiger partial charge in [-0.25, -0.2) is 0 Å². The molecule has 0 unspecified atom stereocenters. The smallest absolute Gasteiger partial charge is 0.132 e. The van der Waals surface area contributed by atoms with Crippen LogP contribution in [0.15, 0.2) is 0 Å². The lowest BCUT2D eigenvalue weighted by atomic mass is 9.59. The van der Waals surface area contributed by atoms with Crippen molar-refractivity contribution in [3.63, 3.8) is 0 Å². The van der Waals surface area contributed by atoms with E-state index in [0.29, 0.717) is 11.2 Å². The summed E-state index contributed by atoms with van der Waals surface area (Å²) in [7, 11) is 0. The molecular formula is C16H28O. The molecule has 2 aliphatic rings. The van der Waals surface area contributed by atoms with E-state index >= 15 is 0 Å². The van der Waals surface area contributed by atoms with Crippen molar-refractivity contribution in [1.82, 2.24) is 0 Å². The average molecular weight is 236 g/mol. The third-order valence-electron chi connectivity index (χ3n) is 5.30. The van der Waals surface area contributed by atoms with Crippen LogP contribution >= 0.6 is 0 Å². The Balaban J connectivity index is 2.02. The van der Waals surface area contributed by atoms with E-state index in [1.807, 2.05) is 0 Å². The second kappa shape index (κ2) is 6.02. The van der Waals surface area contributed by atoms with Gasteiger partial charge >= 0.3 is 0 Å². The van der Waals surface area contributed by atoms with Gasteiger partial charge in [0.1, 0.15) is 5.78 Å². The molecule has 0 aromatic carbocycles. The zero-order chi connectivity index (χ0) is 12.1. The number of Topliss-reactive ketones (excluding diaryl/α,β-unsaturated/α-hetero) is 1. The molecule has 0 aromatic heterocycles. The number of carbonyl (C=O) groups is 1. The molecule has 2 fully saturated rings. The van der Waals surface area contributed by atoms with E-state index in [1.54, 1.807) is 0 Å². The van der Waals surface area contributed by atoms with Crippen molar-refractivity contribution in [3.8, 4) is 0 Å². The Kier molecular flexibility index (Phi) is 4.64. The average Bonchev–Trinajstić information content (AvgIpc) is 2.40. The lowest BCUT2D eigenvalue weighted by molar-refractivity contribution is -0.123. The molecule has 1 nitrogen and oxygen atoms in total. The second-order valence-electron chi connectivity index (χ2n) is 6.34. The Morgan fingerprint density at radius 3 is 2.35 bits per heavy atom. The first-order valence-electron chi connectivity index (χ1n) is 7.78.